The van der Waals surface area contributed by atoms with Gasteiger partial charge in [-0.05, 0) is 25.1 Å². The smallest absolute Gasteiger partial charge is 0.322 e. The minimum atomic E-state index is -0.268. The predicted octanol–water partition coefficient (Wildman–Crippen LogP) is 2.92. The molecule has 0 saturated carbocycles. The molecule has 2 heterocycles. The molecule has 0 bridgehead atoms. The molecule has 0 unspecified atom stereocenters. The molecule has 3 rings (SSSR count). The van der Waals surface area contributed by atoms with Crippen LogP contribution in [-0.4, -0.2) is 53.9 Å². The highest BCUT2D eigenvalue weighted by Gasteiger charge is 2.18. The van der Waals surface area contributed by atoms with Gasteiger partial charge in [-0.2, -0.15) is 4.98 Å². The highest BCUT2D eigenvalue weighted by Crippen LogP contribution is 2.28. The lowest BCUT2D eigenvalue weighted by atomic mass is 10.2. The molecule has 1 N–H and O–H groups in total. The number of carbonyl (C=O) groups excluding carboxylic acids is 1. The lowest BCUT2D eigenvalue weighted by molar-refractivity contribution is 0.122. The molecule has 1 fully saturated rings. The van der Waals surface area contributed by atoms with Gasteiger partial charge in [-0.15, -0.1) is 0 Å². The van der Waals surface area contributed by atoms with Crippen molar-refractivity contribution >= 4 is 29.0 Å². The van der Waals surface area contributed by atoms with Crippen LogP contribution in [0.15, 0.2) is 22.7 Å². The predicted molar refractivity (Wildman–Crippen MR) is 98.6 cm³/mol. The third-order valence-corrected chi connectivity index (χ3v) is 4.47. The average Bonchev–Trinajstić information content (AvgIpc) is 3.07. The number of ether oxygens (including phenoxy) is 1. The summed E-state index contributed by atoms with van der Waals surface area (Å²) < 4.78 is 10.3. The first kappa shape index (κ1) is 18.5. The number of aryl methyl sites for hydroxylation is 1. The highest BCUT2D eigenvalue weighted by atomic mass is 35.5. The zero-order chi connectivity index (χ0) is 18.5. The quantitative estimate of drug-likeness (QED) is 0.859. The molecule has 1 aromatic heterocycles. The first-order valence-electron chi connectivity index (χ1n) is 8.54. The Bertz CT molecular complexity index is 761. The van der Waals surface area contributed by atoms with Crippen molar-refractivity contribution in [2.45, 2.75) is 20.4 Å². The Morgan fingerprint density at radius 3 is 2.81 bits per heavy atom. The second-order valence-electron chi connectivity index (χ2n) is 5.94. The molecule has 0 spiro atoms. The van der Waals surface area contributed by atoms with E-state index in [1.165, 1.54) is 0 Å². The Hall–Kier alpha value is -2.32. The molecular weight excluding hydrogens is 358 g/mol. The number of anilines is 2. The summed E-state index contributed by atoms with van der Waals surface area (Å²) in [4.78, 5) is 20.6. The fourth-order valence-electron chi connectivity index (χ4n) is 2.73. The number of carbonyl (C=O) groups is 1. The van der Waals surface area contributed by atoms with Gasteiger partial charge >= 0.3 is 6.03 Å². The number of nitrogens with one attached hydrogen (secondary N) is 1. The fraction of sp³-hybridized carbons (Fsp3) is 0.471. The van der Waals surface area contributed by atoms with E-state index >= 15 is 0 Å². The number of morpholine rings is 1. The van der Waals surface area contributed by atoms with Gasteiger partial charge in [0.05, 0.1) is 30.5 Å². The third kappa shape index (κ3) is 4.44. The van der Waals surface area contributed by atoms with E-state index < -0.39 is 0 Å². The Balaban J connectivity index is 1.70. The van der Waals surface area contributed by atoms with Gasteiger partial charge in [0.1, 0.15) is 0 Å². The first-order valence-corrected chi connectivity index (χ1v) is 8.92. The van der Waals surface area contributed by atoms with Gasteiger partial charge in [-0.25, -0.2) is 4.79 Å². The third-order valence-electron chi connectivity index (χ3n) is 4.14. The maximum Gasteiger partial charge on any atom is 0.322 e. The minimum absolute atomic E-state index is 0.264. The summed E-state index contributed by atoms with van der Waals surface area (Å²) in [6.07, 6.45) is 0. The standard InChI is InChI=1S/C17H22ClN5O3/c1-3-22(11-16-19-12(2)26-21-16)17(24)20-15-10-13(4-5-14(15)18)23-6-8-25-9-7-23/h4-5,10H,3,6-9,11H2,1-2H3,(H,20,24). The maximum atomic E-state index is 12.6. The van der Waals surface area contributed by atoms with Crippen LogP contribution in [0.25, 0.3) is 0 Å². The van der Waals surface area contributed by atoms with Crippen molar-refractivity contribution in [3.63, 3.8) is 0 Å². The minimum Gasteiger partial charge on any atom is -0.378 e. The Morgan fingerprint density at radius 1 is 1.38 bits per heavy atom. The average molecular weight is 380 g/mol. The van der Waals surface area contributed by atoms with Gasteiger partial charge in [-0.1, -0.05) is 16.8 Å². The van der Waals surface area contributed by atoms with Crippen LogP contribution < -0.4 is 10.2 Å². The van der Waals surface area contributed by atoms with Crippen LogP contribution in [0.3, 0.4) is 0 Å². The van der Waals surface area contributed by atoms with Gasteiger partial charge in [0, 0.05) is 32.2 Å². The summed E-state index contributed by atoms with van der Waals surface area (Å²) in [5, 5.41) is 7.20. The number of hydrogen-bond donors (Lipinski definition) is 1. The van der Waals surface area contributed by atoms with Crippen LogP contribution in [-0.2, 0) is 11.3 Å². The van der Waals surface area contributed by atoms with E-state index in [4.69, 9.17) is 20.9 Å². The van der Waals surface area contributed by atoms with E-state index in [9.17, 15) is 4.79 Å². The summed E-state index contributed by atoms with van der Waals surface area (Å²) in [5.41, 5.74) is 1.58. The van der Waals surface area contributed by atoms with Gasteiger partial charge in [0.15, 0.2) is 5.82 Å². The number of hydrogen-bond acceptors (Lipinski definition) is 6. The summed E-state index contributed by atoms with van der Waals surface area (Å²) in [6, 6.07) is 5.36. The number of urea groups is 1. The Morgan fingerprint density at radius 2 is 2.15 bits per heavy atom. The Labute approximate surface area is 157 Å². The number of nitrogens with zero attached hydrogens (tertiary/aromatic N) is 4. The van der Waals surface area contributed by atoms with Crippen LogP contribution >= 0.6 is 11.6 Å². The molecule has 0 radical (unpaired) electrons. The van der Waals surface area contributed by atoms with E-state index in [0.29, 0.717) is 42.2 Å². The number of halogens is 1. The fourth-order valence-corrected chi connectivity index (χ4v) is 2.89. The van der Waals surface area contributed by atoms with Crippen molar-refractivity contribution in [1.29, 1.82) is 0 Å². The van der Waals surface area contributed by atoms with Crippen molar-refractivity contribution in [3.05, 3.63) is 34.9 Å². The van der Waals surface area contributed by atoms with Crippen LogP contribution in [0.4, 0.5) is 16.2 Å². The second kappa shape index (κ2) is 8.37. The maximum absolute atomic E-state index is 12.6. The van der Waals surface area contributed by atoms with Crippen molar-refractivity contribution in [2.24, 2.45) is 0 Å². The molecule has 0 aliphatic carbocycles. The molecule has 1 saturated heterocycles. The number of amides is 2. The Kier molecular flexibility index (Phi) is 5.95. The monoisotopic (exact) mass is 379 g/mol. The van der Waals surface area contributed by atoms with Gasteiger partial charge < -0.3 is 24.4 Å². The van der Waals surface area contributed by atoms with Crippen molar-refractivity contribution in [2.75, 3.05) is 43.1 Å². The first-order chi connectivity index (χ1) is 12.6. The van der Waals surface area contributed by atoms with Crippen molar-refractivity contribution in [3.8, 4) is 0 Å². The van der Waals surface area contributed by atoms with E-state index in [2.05, 4.69) is 20.4 Å². The van der Waals surface area contributed by atoms with Crippen molar-refractivity contribution in [1.82, 2.24) is 15.0 Å². The summed E-state index contributed by atoms with van der Waals surface area (Å²) >= 11 is 6.27. The van der Waals surface area contributed by atoms with E-state index in [1.807, 2.05) is 19.1 Å². The molecule has 1 aromatic carbocycles. The van der Waals surface area contributed by atoms with Crippen LogP contribution in [0.1, 0.15) is 18.6 Å². The molecule has 26 heavy (non-hydrogen) atoms. The molecule has 8 nitrogen and oxygen atoms in total. The molecule has 9 heteroatoms. The van der Waals surface area contributed by atoms with Crippen LogP contribution in [0, 0.1) is 6.92 Å². The number of rotatable bonds is 5. The van der Waals surface area contributed by atoms with Crippen LogP contribution in [0.5, 0.6) is 0 Å². The molecular formula is C17H22ClN5O3. The van der Waals surface area contributed by atoms with Gasteiger partial charge in [-0.3, -0.25) is 0 Å². The zero-order valence-electron chi connectivity index (χ0n) is 14.9. The van der Waals surface area contributed by atoms with E-state index in [-0.39, 0.29) is 12.6 Å². The van der Waals surface area contributed by atoms with E-state index in [1.54, 1.807) is 17.9 Å². The lowest BCUT2D eigenvalue weighted by Crippen LogP contribution is -2.36. The SMILES string of the molecule is CCN(Cc1noc(C)n1)C(=O)Nc1cc(N2CCOCC2)ccc1Cl. The largest absolute Gasteiger partial charge is 0.378 e. The lowest BCUT2D eigenvalue weighted by Gasteiger charge is -2.29. The second-order valence-corrected chi connectivity index (χ2v) is 6.34. The van der Waals surface area contributed by atoms with Gasteiger partial charge in [0.2, 0.25) is 5.89 Å². The van der Waals surface area contributed by atoms with Crippen LogP contribution in [0.2, 0.25) is 5.02 Å². The van der Waals surface area contributed by atoms with Gasteiger partial charge in [0.25, 0.3) is 0 Å². The topological polar surface area (TPSA) is 83.7 Å². The number of aromatic nitrogens is 2. The molecule has 2 amide bonds. The normalized spacial score (nSPS) is 14.3. The molecule has 2 aromatic rings. The number of benzene rings is 1. The van der Waals surface area contributed by atoms with Crippen molar-refractivity contribution < 1.29 is 14.1 Å². The molecule has 140 valence electrons. The molecule has 0 atom stereocenters. The van der Waals surface area contributed by atoms with E-state index in [0.717, 1.165) is 18.8 Å². The summed E-state index contributed by atoms with van der Waals surface area (Å²) in [7, 11) is 0. The molecule has 1 aliphatic heterocycles. The molecule has 1 aliphatic rings. The zero-order valence-corrected chi connectivity index (χ0v) is 15.6. The highest BCUT2D eigenvalue weighted by molar-refractivity contribution is 6.33. The summed E-state index contributed by atoms with van der Waals surface area (Å²) in [6.45, 7) is 7.37. The summed E-state index contributed by atoms with van der Waals surface area (Å²) in [5.74, 6) is 0.936.